The minimum absolute atomic E-state index is 0.538. The van der Waals surface area contributed by atoms with E-state index in [0.717, 1.165) is 16.8 Å². The fraction of sp³-hybridized carbons (Fsp3) is 0.167. The molecule has 0 fully saturated rings. The molecule has 0 atom stereocenters. The molecule has 1 aromatic heterocycles. The average Bonchev–Trinajstić information content (AvgIpc) is 2.82. The van der Waals surface area contributed by atoms with Gasteiger partial charge in [0.05, 0.1) is 11.3 Å². The number of nitrogen functional groups attached to an aromatic ring is 1. The topological polar surface area (TPSA) is 54.7 Å². The van der Waals surface area contributed by atoms with Crippen LogP contribution in [0.1, 0.15) is 16.7 Å². The molecule has 0 saturated heterocycles. The first-order chi connectivity index (χ1) is 10.1. The summed E-state index contributed by atoms with van der Waals surface area (Å²) >= 11 is 0. The summed E-state index contributed by atoms with van der Waals surface area (Å²) in [6.07, 6.45) is 0. The van der Waals surface area contributed by atoms with Gasteiger partial charge in [0.15, 0.2) is 5.82 Å². The maximum Gasteiger partial charge on any atom is 0.153 e. The molecule has 2 aromatic carbocycles. The second-order valence-electron chi connectivity index (χ2n) is 5.49. The van der Waals surface area contributed by atoms with Gasteiger partial charge in [0.2, 0.25) is 0 Å². The SMILES string of the molecule is Cc1ccc(-c2c(N)n[nH]c2-c2c(C)cccc2C)cc1. The lowest BCUT2D eigenvalue weighted by molar-refractivity contribution is 1.10. The Morgan fingerprint density at radius 2 is 1.48 bits per heavy atom. The van der Waals surface area contributed by atoms with Crippen molar-refractivity contribution in [3.05, 3.63) is 59.2 Å². The van der Waals surface area contributed by atoms with Crippen LogP contribution < -0.4 is 5.73 Å². The number of nitrogens with one attached hydrogen (secondary N) is 1. The first-order valence-corrected chi connectivity index (χ1v) is 7.05. The van der Waals surface area contributed by atoms with Crippen molar-refractivity contribution in [2.75, 3.05) is 5.73 Å². The van der Waals surface area contributed by atoms with Crippen molar-refractivity contribution in [1.29, 1.82) is 0 Å². The van der Waals surface area contributed by atoms with Crippen LogP contribution in [0, 0.1) is 20.8 Å². The van der Waals surface area contributed by atoms with Crippen LogP contribution in [-0.2, 0) is 0 Å². The lowest BCUT2D eigenvalue weighted by atomic mass is 9.94. The predicted octanol–water partition coefficient (Wildman–Crippen LogP) is 4.25. The molecule has 3 heteroatoms. The predicted molar refractivity (Wildman–Crippen MR) is 88.1 cm³/mol. The number of benzene rings is 2. The summed E-state index contributed by atoms with van der Waals surface area (Å²) in [5.74, 6) is 0.538. The second kappa shape index (κ2) is 5.09. The summed E-state index contributed by atoms with van der Waals surface area (Å²) in [4.78, 5) is 0. The highest BCUT2D eigenvalue weighted by Crippen LogP contribution is 2.37. The van der Waals surface area contributed by atoms with Crippen molar-refractivity contribution in [3.8, 4) is 22.4 Å². The third-order valence-corrected chi connectivity index (χ3v) is 3.87. The Bertz CT molecular complexity index is 762. The van der Waals surface area contributed by atoms with Crippen molar-refractivity contribution < 1.29 is 0 Å². The number of aryl methyl sites for hydroxylation is 3. The van der Waals surface area contributed by atoms with Gasteiger partial charge in [-0.05, 0) is 37.5 Å². The fourth-order valence-electron chi connectivity index (χ4n) is 2.76. The molecule has 0 aliphatic heterocycles. The Morgan fingerprint density at radius 1 is 0.857 bits per heavy atom. The first-order valence-electron chi connectivity index (χ1n) is 7.05. The molecule has 0 amide bonds. The number of nitrogens with two attached hydrogens (primary N) is 1. The zero-order valence-electron chi connectivity index (χ0n) is 12.6. The van der Waals surface area contributed by atoms with Gasteiger partial charge in [0, 0.05) is 5.56 Å². The molecule has 3 N–H and O–H groups in total. The van der Waals surface area contributed by atoms with Crippen LogP contribution in [0.15, 0.2) is 42.5 Å². The normalized spacial score (nSPS) is 10.8. The molecule has 0 spiro atoms. The molecule has 0 unspecified atom stereocenters. The van der Waals surface area contributed by atoms with E-state index in [1.165, 1.54) is 22.3 Å². The van der Waals surface area contributed by atoms with Crippen LogP contribution in [0.25, 0.3) is 22.4 Å². The van der Waals surface area contributed by atoms with Gasteiger partial charge in [0.1, 0.15) is 0 Å². The molecule has 106 valence electrons. The molecule has 3 nitrogen and oxygen atoms in total. The Kier molecular flexibility index (Phi) is 3.26. The highest BCUT2D eigenvalue weighted by molar-refractivity contribution is 5.89. The lowest BCUT2D eigenvalue weighted by Crippen LogP contribution is -1.92. The number of hydrogen-bond donors (Lipinski definition) is 2. The van der Waals surface area contributed by atoms with E-state index in [0.29, 0.717) is 5.82 Å². The van der Waals surface area contributed by atoms with E-state index in [-0.39, 0.29) is 0 Å². The number of H-pyrrole nitrogens is 1. The quantitative estimate of drug-likeness (QED) is 0.735. The molecule has 1 heterocycles. The molecule has 3 rings (SSSR count). The molecule has 3 aromatic rings. The minimum Gasteiger partial charge on any atom is -0.382 e. The van der Waals surface area contributed by atoms with Gasteiger partial charge in [-0.1, -0.05) is 48.0 Å². The molecule has 0 aliphatic rings. The Hall–Kier alpha value is -2.55. The van der Waals surface area contributed by atoms with Crippen molar-refractivity contribution in [2.45, 2.75) is 20.8 Å². The Balaban J connectivity index is 2.24. The van der Waals surface area contributed by atoms with E-state index in [1.54, 1.807) is 0 Å². The number of aromatic nitrogens is 2. The smallest absolute Gasteiger partial charge is 0.153 e. The zero-order chi connectivity index (χ0) is 15.0. The molecular weight excluding hydrogens is 258 g/mol. The summed E-state index contributed by atoms with van der Waals surface area (Å²) in [6, 6.07) is 14.7. The summed E-state index contributed by atoms with van der Waals surface area (Å²) in [7, 11) is 0. The minimum atomic E-state index is 0.538. The third-order valence-electron chi connectivity index (χ3n) is 3.87. The van der Waals surface area contributed by atoms with Gasteiger partial charge in [0.25, 0.3) is 0 Å². The third kappa shape index (κ3) is 2.31. The van der Waals surface area contributed by atoms with Crippen molar-refractivity contribution >= 4 is 5.82 Å². The number of anilines is 1. The van der Waals surface area contributed by atoms with E-state index in [2.05, 4.69) is 73.4 Å². The molecular formula is C18H19N3. The zero-order valence-corrected chi connectivity index (χ0v) is 12.6. The number of nitrogens with zero attached hydrogens (tertiary/aromatic N) is 1. The Morgan fingerprint density at radius 3 is 2.10 bits per heavy atom. The maximum absolute atomic E-state index is 6.11. The van der Waals surface area contributed by atoms with E-state index < -0.39 is 0 Å². The first kappa shape index (κ1) is 13.4. The van der Waals surface area contributed by atoms with Crippen molar-refractivity contribution in [1.82, 2.24) is 10.2 Å². The van der Waals surface area contributed by atoms with E-state index in [1.807, 2.05) is 0 Å². The van der Waals surface area contributed by atoms with Crippen LogP contribution in [0.3, 0.4) is 0 Å². The summed E-state index contributed by atoms with van der Waals surface area (Å²) < 4.78 is 0. The second-order valence-corrected chi connectivity index (χ2v) is 5.49. The van der Waals surface area contributed by atoms with Crippen LogP contribution in [0.2, 0.25) is 0 Å². The molecule has 21 heavy (non-hydrogen) atoms. The highest BCUT2D eigenvalue weighted by atomic mass is 15.2. The van der Waals surface area contributed by atoms with E-state index in [9.17, 15) is 0 Å². The van der Waals surface area contributed by atoms with Crippen LogP contribution >= 0.6 is 0 Å². The summed E-state index contributed by atoms with van der Waals surface area (Å²) in [6.45, 7) is 6.30. The number of aromatic amines is 1. The largest absolute Gasteiger partial charge is 0.382 e. The molecule has 0 radical (unpaired) electrons. The average molecular weight is 277 g/mol. The highest BCUT2D eigenvalue weighted by Gasteiger charge is 2.17. The standard InChI is InChI=1S/C18H19N3/c1-11-7-9-14(10-8-11)16-17(20-21-18(16)19)15-12(2)5-4-6-13(15)3/h4-10H,1-3H3,(H3,19,20,21). The van der Waals surface area contributed by atoms with Crippen LogP contribution in [0.5, 0.6) is 0 Å². The van der Waals surface area contributed by atoms with Gasteiger partial charge in [-0.3, -0.25) is 5.10 Å². The van der Waals surface area contributed by atoms with Gasteiger partial charge in [-0.25, -0.2) is 0 Å². The number of rotatable bonds is 2. The van der Waals surface area contributed by atoms with Gasteiger partial charge >= 0.3 is 0 Å². The molecule has 0 aliphatic carbocycles. The molecule has 0 bridgehead atoms. The lowest BCUT2D eigenvalue weighted by Gasteiger charge is -2.11. The summed E-state index contributed by atoms with van der Waals surface area (Å²) in [5, 5.41) is 7.34. The van der Waals surface area contributed by atoms with Gasteiger partial charge in [-0.15, -0.1) is 0 Å². The fourth-order valence-corrected chi connectivity index (χ4v) is 2.76. The summed E-state index contributed by atoms with van der Waals surface area (Å²) in [5.41, 5.74) is 14.0. The van der Waals surface area contributed by atoms with E-state index in [4.69, 9.17) is 5.73 Å². The van der Waals surface area contributed by atoms with Gasteiger partial charge in [-0.2, -0.15) is 5.10 Å². The molecule has 0 saturated carbocycles. The van der Waals surface area contributed by atoms with Crippen molar-refractivity contribution in [3.63, 3.8) is 0 Å². The van der Waals surface area contributed by atoms with Crippen LogP contribution in [0.4, 0.5) is 5.82 Å². The van der Waals surface area contributed by atoms with E-state index >= 15 is 0 Å². The van der Waals surface area contributed by atoms with Gasteiger partial charge < -0.3 is 5.73 Å². The maximum atomic E-state index is 6.11. The number of hydrogen-bond acceptors (Lipinski definition) is 2. The van der Waals surface area contributed by atoms with Crippen molar-refractivity contribution in [2.24, 2.45) is 0 Å². The Labute approximate surface area is 124 Å². The van der Waals surface area contributed by atoms with Crippen LogP contribution in [-0.4, -0.2) is 10.2 Å². The monoisotopic (exact) mass is 277 g/mol.